The van der Waals surface area contributed by atoms with Crippen LogP contribution in [0.3, 0.4) is 0 Å². The summed E-state index contributed by atoms with van der Waals surface area (Å²) in [5, 5.41) is 16.6. The Balaban J connectivity index is 1.48. The minimum Gasteiger partial charge on any atom is -0.489 e. The molecule has 4 rings (SSSR count). The summed E-state index contributed by atoms with van der Waals surface area (Å²) >= 11 is 0. The Labute approximate surface area is 168 Å². The van der Waals surface area contributed by atoms with E-state index < -0.39 is 4.92 Å². The Hall–Kier alpha value is -3.86. The summed E-state index contributed by atoms with van der Waals surface area (Å²) < 4.78 is 6.13. The summed E-state index contributed by atoms with van der Waals surface area (Å²) in [6.45, 7) is 0.974. The molecule has 0 aromatic heterocycles. The number of anilines is 1. The quantitative estimate of drug-likeness (QED) is 0.316. The molecule has 0 aliphatic carbocycles. The van der Waals surface area contributed by atoms with Gasteiger partial charge < -0.3 is 10.1 Å². The zero-order chi connectivity index (χ0) is 20.1. The smallest absolute Gasteiger partial charge is 0.271 e. The van der Waals surface area contributed by atoms with Gasteiger partial charge in [-0.25, -0.2) is 0 Å². The minimum atomic E-state index is -0.396. The van der Waals surface area contributed by atoms with E-state index in [-0.39, 0.29) is 5.69 Å². The number of nitrogens with zero attached hydrogens (tertiary/aromatic N) is 1. The van der Waals surface area contributed by atoms with E-state index in [1.165, 1.54) is 22.9 Å². The van der Waals surface area contributed by atoms with Crippen LogP contribution in [0.4, 0.5) is 11.4 Å². The van der Waals surface area contributed by atoms with E-state index in [0.717, 1.165) is 16.9 Å². The average Bonchev–Trinajstić information content (AvgIpc) is 2.77. The van der Waals surface area contributed by atoms with Gasteiger partial charge in [-0.2, -0.15) is 0 Å². The van der Waals surface area contributed by atoms with E-state index in [1.807, 2.05) is 48.5 Å². The molecule has 0 amide bonds. The molecule has 4 aromatic rings. The second kappa shape index (κ2) is 8.44. The lowest BCUT2D eigenvalue weighted by Gasteiger charge is -2.14. The van der Waals surface area contributed by atoms with Crippen molar-refractivity contribution in [1.29, 1.82) is 0 Å². The first-order chi connectivity index (χ1) is 14.2. The topological polar surface area (TPSA) is 64.4 Å². The van der Waals surface area contributed by atoms with Gasteiger partial charge in [0, 0.05) is 29.9 Å². The van der Waals surface area contributed by atoms with Gasteiger partial charge in [0.15, 0.2) is 0 Å². The van der Waals surface area contributed by atoms with Crippen LogP contribution in [0.5, 0.6) is 5.75 Å². The second-order valence-electron chi connectivity index (χ2n) is 6.70. The highest BCUT2D eigenvalue weighted by atomic mass is 16.6. The molecule has 0 spiro atoms. The first kappa shape index (κ1) is 18.5. The fraction of sp³-hybridized carbons (Fsp3) is 0.0833. The Bertz CT molecular complexity index is 1150. The van der Waals surface area contributed by atoms with E-state index in [0.29, 0.717) is 18.8 Å². The monoisotopic (exact) mass is 384 g/mol. The number of nitrogens with one attached hydrogen (secondary N) is 1. The number of fused-ring (bicyclic) bond motifs is 1. The number of ether oxygens (including phenoxy) is 1. The van der Waals surface area contributed by atoms with E-state index in [9.17, 15) is 10.1 Å². The third kappa shape index (κ3) is 4.35. The van der Waals surface area contributed by atoms with Crippen molar-refractivity contribution >= 4 is 22.1 Å². The van der Waals surface area contributed by atoms with Gasteiger partial charge in [-0.1, -0.05) is 66.7 Å². The van der Waals surface area contributed by atoms with E-state index in [1.54, 1.807) is 6.07 Å². The molecule has 0 atom stereocenters. The first-order valence-electron chi connectivity index (χ1n) is 9.36. The standard InChI is InChI=1S/C24H20N2O3/c27-26(28)22-12-6-11-21(15-22)25-16-19-8-2-4-14-24(19)29-17-20-10-5-9-18-7-1-3-13-23(18)20/h1-15,25H,16-17H2. The fourth-order valence-corrected chi connectivity index (χ4v) is 3.29. The summed E-state index contributed by atoms with van der Waals surface area (Å²) in [4.78, 5) is 10.6. The van der Waals surface area contributed by atoms with Gasteiger partial charge in [0.2, 0.25) is 0 Å². The zero-order valence-electron chi connectivity index (χ0n) is 15.7. The fourth-order valence-electron chi connectivity index (χ4n) is 3.29. The molecule has 5 heteroatoms. The molecule has 29 heavy (non-hydrogen) atoms. The molecule has 0 radical (unpaired) electrons. The molecule has 144 valence electrons. The number of nitro benzene ring substituents is 1. The Morgan fingerprint density at radius 3 is 2.45 bits per heavy atom. The zero-order valence-corrected chi connectivity index (χ0v) is 15.7. The summed E-state index contributed by atoms with van der Waals surface area (Å²) in [5.74, 6) is 0.790. The van der Waals surface area contributed by atoms with Crippen molar-refractivity contribution in [2.45, 2.75) is 13.2 Å². The number of nitro groups is 1. The molecule has 0 saturated heterocycles. The van der Waals surface area contributed by atoms with Crippen LogP contribution < -0.4 is 10.1 Å². The van der Waals surface area contributed by atoms with Crippen LogP contribution in [0, 0.1) is 10.1 Å². The van der Waals surface area contributed by atoms with Gasteiger partial charge in [-0.05, 0) is 28.5 Å². The van der Waals surface area contributed by atoms with Crippen molar-refractivity contribution in [3.05, 3.63) is 112 Å². The minimum absolute atomic E-state index is 0.0653. The van der Waals surface area contributed by atoms with Crippen LogP contribution in [0.25, 0.3) is 10.8 Å². The van der Waals surface area contributed by atoms with Gasteiger partial charge in [-0.15, -0.1) is 0 Å². The summed E-state index contributed by atoms with van der Waals surface area (Å²) in [6.07, 6.45) is 0. The maximum atomic E-state index is 11.0. The number of hydrogen-bond donors (Lipinski definition) is 1. The molecule has 4 aromatic carbocycles. The van der Waals surface area contributed by atoms with Gasteiger partial charge in [0.25, 0.3) is 5.69 Å². The van der Waals surface area contributed by atoms with Crippen molar-refractivity contribution in [3.63, 3.8) is 0 Å². The van der Waals surface area contributed by atoms with E-state index in [4.69, 9.17) is 4.74 Å². The molecule has 0 aliphatic heterocycles. The van der Waals surface area contributed by atoms with Crippen LogP contribution in [-0.4, -0.2) is 4.92 Å². The van der Waals surface area contributed by atoms with Crippen LogP contribution in [0.2, 0.25) is 0 Å². The molecule has 0 fully saturated rings. The summed E-state index contributed by atoms with van der Waals surface area (Å²) in [6, 6.07) is 28.8. The van der Waals surface area contributed by atoms with Gasteiger partial charge >= 0.3 is 0 Å². The van der Waals surface area contributed by atoms with Gasteiger partial charge in [-0.3, -0.25) is 10.1 Å². The number of rotatable bonds is 7. The Morgan fingerprint density at radius 2 is 1.55 bits per heavy atom. The molecule has 0 bridgehead atoms. The normalized spacial score (nSPS) is 10.6. The molecule has 1 N–H and O–H groups in total. The molecule has 0 unspecified atom stereocenters. The third-order valence-electron chi connectivity index (χ3n) is 4.78. The largest absolute Gasteiger partial charge is 0.489 e. The second-order valence-corrected chi connectivity index (χ2v) is 6.70. The van der Waals surface area contributed by atoms with Crippen molar-refractivity contribution < 1.29 is 9.66 Å². The van der Waals surface area contributed by atoms with Crippen LogP contribution in [0.15, 0.2) is 91.0 Å². The highest BCUT2D eigenvalue weighted by Crippen LogP contribution is 2.24. The van der Waals surface area contributed by atoms with Crippen LogP contribution in [-0.2, 0) is 13.2 Å². The third-order valence-corrected chi connectivity index (χ3v) is 4.78. The summed E-state index contributed by atoms with van der Waals surface area (Å²) in [5.41, 5.74) is 2.88. The summed E-state index contributed by atoms with van der Waals surface area (Å²) in [7, 11) is 0. The lowest BCUT2D eigenvalue weighted by atomic mass is 10.1. The number of benzene rings is 4. The number of hydrogen-bond acceptors (Lipinski definition) is 4. The Kier molecular flexibility index (Phi) is 5.38. The number of para-hydroxylation sites is 1. The number of non-ortho nitro benzene ring substituents is 1. The highest BCUT2D eigenvalue weighted by Gasteiger charge is 2.08. The molecular formula is C24H20N2O3. The van der Waals surface area contributed by atoms with Crippen molar-refractivity contribution in [2.24, 2.45) is 0 Å². The molecule has 5 nitrogen and oxygen atoms in total. The first-order valence-corrected chi connectivity index (χ1v) is 9.36. The maximum Gasteiger partial charge on any atom is 0.271 e. The molecular weight excluding hydrogens is 364 g/mol. The average molecular weight is 384 g/mol. The van der Waals surface area contributed by atoms with Crippen LogP contribution >= 0.6 is 0 Å². The highest BCUT2D eigenvalue weighted by molar-refractivity contribution is 5.85. The molecule has 0 aliphatic rings. The van der Waals surface area contributed by atoms with Gasteiger partial charge in [0.1, 0.15) is 12.4 Å². The predicted molar refractivity (Wildman–Crippen MR) is 115 cm³/mol. The predicted octanol–water partition coefficient (Wildman–Crippen LogP) is 5.94. The van der Waals surface area contributed by atoms with E-state index >= 15 is 0 Å². The van der Waals surface area contributed by atoms with E-state index in [2.05, 4.69) is 29.6 Å². The SMILES string of the molecule is O=[N+]([O-])c1cccc(NCc2ccccc2OCc2cccc3ccccc23)c1. The molecule has 0 saturated carbocycles. The van der Waals surface area contributed by atoms with Crippen molar-refractivity contribution in [1.82, 2.24) is 0 Å². The van der Waals surface area contributed by atoms with Crippen molar-refractivity contribution in [3.8, 4) is 5.75 Å². The Morgan fingerprint density at radius 1 is 0.828 bits per heavy atom. The maximum absolute atomic E-state index is 11.0. The lowest BCUT2D eigenvalue weighted by Crippen LogP contribution is -2.04. The van der Waals surface area contributed by atoms with Crippen molar-refractivity contribution in [2.75, 3.05) is 5.32 Å². The van der Waals surface area contributed by atoms with Gasteiger partial charge in [0.05, 0.1) is 4.92 Å². The molecule has 0 heterocycles. The lowest BCUT2D eigenvalue weighted by molar-refractivity contribution is -0.384. The van der Waals surface area contributed by atoms with Crippen LogP contribution in [0.1, 0.15) is 11.1 Å².